The van der Waals surface area contributed by atoms with Gasteiger partial charge in [-0.3, -0.25) is 9.59 Å². The highest BCUT2D eigenvalue weighted by Gasteiger charge is 2.09. The molecule has 0 unspecified atom stereocenters. The van der Waals surface area contributed by atoms with Gasteiger partial charge in [-0.2, -0.15) is 0 Å². The van der Waals surface area contributed by atoms with Gasteiger partial charge >= 0.3 is 5.97 Å². The van der Waals surface area contributed by atoms with Crippen LogP contribution in [0.25, 0.3) is 0 Å². The highest BCUT2D eigenvalue weighted by atomic mass is 79.9. The van der Waals surface area contributed by atoms with Crippen molar-refractivity contribution in [2.75, 3.05) is 13.2 Å². The Morgan fingerprint density at radius 3 is 2.82 bits per heavy atom. The van der Waals surface area contributed by atoms with Crippen LogP contribution in [0.3, 0.4) is 0 Å². The normalized spacial score (nSPS) is 10.0. The molecular formula is C11H14BrNO3S. The van der Waals surface area contributed by atoms with E-state index in [0.717, 1.165) is 10.2 Å². The third-order valence-electron chi connectivity index (χ3n) is 1.94. The molecule has 0 aliphatic heterocycles. The predicted octanol–water partition coefficient (Wildman–Crippen LogP) is 2.33. The van der Waals surface area contributed by atoms with E-state index in [1.54, 1.807) is 13.0 Å². The number of rotatable bonds is 6. The molecule has 0 aliphatic rings. The molecule has 0 spiro atoms. The molecule has 0 saturated heterocycles. The second-order valence-corrected chi connectivity index (χ2v) is 4.94. The van der Waals surface area contributed by atoms with E-state index in [-0.39, 0.29) is 18.3 Å². The fourth-order valence-corrected chi connectivity index (χ4v) is 2.47. The molecule has 0 saturated carbocycles. The third-order valence-corrected chi connectivity index (χ3v) is 4.00. The molecule has 17 heavy (non-hydrogen) atoms. The molecule has 1 aromatic heterocycles. The van der Waals surface area contributed by atoms with Crippen LogP contribution in [0.2, 0.25) is 0 Å². The van der Waals surface area contributed by atoms with Crippen molar-refractivity contribution in [3.63, 3.8) is 0 Å². The molecule has 94 valence electrons. The highest BCUT2D eigenvalue weighted by Crippen LogP contribution is 2.18. The molecule has 1 aromatic rings. The quantitative estimate of drug-likeness (QED) is 0.646. The van der Waals surface area contributed by atoms with Gasteiger partial charge in [0, 0.05) is 16.8 Å². The number of amides is 1. The molecular weight excluding hydrogens is 306 g/mol. The standard InChI is InChI=1S/C11H14BrNO3S/c1-2-16-10(14)5-6-13-11(15)9-4-3-8(7-12)17-9/h3-4H,2,5-7H2,1H3,(H,13,15). The molecule has 1 amide bonds. The van der Waals surface area contributed by atoms with Gasteiger partial charge in [-0.1, -0.05) is 15.9 Å². The van der Waals surface area contributed by atoms with E-state index in [4.69, 9.17) is 4.74 Å². The summed E-state index contributed by atoms with van der Waals surface area (Å²) < 4.78 is 4.76. The molecule has 0 aromatic carbocycles. The van der Waals surface area contributed by atoms with E-state index in [0.29, 0.717) is 18.0 Å². The average Bonchev–Trinajstić information content (AvgIpc) is 2.77. The van der Waals surface area contributed by atoms with Crippen LogP contribution in [0.5, 0.6) is 0 Å². The number of carbonyl (C=O) groups excluding carboxylic acids is 2. The van der Waals surface area contributed by atoms with Crippen molar-refractivity contribution in [2.45, 2.75) is 18.7 Å². The molecule has 0 bridgehead atoms. The van der Waals surface area contributed by atoms with Gasteiger partial charge < -0.3 is 10.1 Å². The van der Waals surface area contributed by atoms with E-state index in [9.17, 15) is 9.59 Å². The summed E-state index contributed by atoms with van der Waals surface area (Å²) in [5.74, 6) is -0.438. The average molecular weight is 320 g/mol. The maximum Gasteiger partial charge on any atom is 0.307 e. The summed E-state index contributed by atoms with van der Waals surface area (Å²) >= 11 is 4.76. The van der Waals surface area contributed by atoms with Crippen molar-refractivity contribution in [3.8, 4) is 0 Å². The first-order valence-electron chi connectivity index (χ1n) is 5.26. The third kappa shape index (κ3) is 4.87. The fourth-order valence-electron chi connectivity index (χ4n) is 1.17. The Bertz CT molecular complexity index is 392. The van der Waals surface area contributed by atoms with Crippen molar-refractivity contribution >= 4 is 39.1 Å². The SMILES string of the molecule is CCOC(=O)CCNC(=O)c1ccc(CBr)s1. The smallest absolute Gasteiger partial charge is 0.307 e. The van der Waals surface area contributed by atoms with Gasteiger partial charge in [-0.05, 0) is 19.1 Å². The van der Waals surface area contributed by atoms with Crippen LogP contribution in [0.15, 0.2) is 12.1 Å². The lowest BCUT2D eigenvalue weighted by molar-refractivity contribution is -0.142. The van der Waals surface area contributed by atoms with Gasteiger partial charge in [-0.15, -0.1) is 11.3 Å². The minimum atomic E-state index is -0.292. The van der Waals surface area contributed by atoms with Gasteiger partial charge in [0.1, 0.15) is 0 Å². The fraction of sp³-hybridized carbons (Fsp3) is 0.455. The van der Waals surface area contributed by atoms with Gasteiger partial charge in [0.05, 0.1) is 17.9 Å². The van der Waals surface area contributed by atoms with Crippen LogP contribution in [0, 0.1) is 0 Å². The van der Waals surface area contributed by atoms with Gasteiger partial charge in [0.15, 0.2) is 0 Å². The molecule has 1 rings (SSSR count). The van der Waals surface area contributed by atoms with E-state index in [1.807, 2.05) is 6.07 Å². The number of esters is 1. The van der Waals surface area contributed by atoms with Crippen molar-refractivity contribution in [1.29, 1.82) is 0 Å². The zero-order valence-corrected chi connectivity index (χ0v) is 11.9. The molecule has 0 fully saturated rings. The summed E-state index contributed by atoms with van der Waals surface area (Å²) in [5.41, 5.74) is 0. The molecule has 4 nitrogen and oxygen atoms in total. The number of carbonyl (C=O) groups is 2. The van der Waals surface area contributed by atoms with E-state index < -0.39 is 0 Å². The number of hydrogen-bond donors (Lipinski definition) is 1. The molecule has 0 radical (unpaired) electrons. The summed E-state index contributed by atoms with van der Waals surface area (Å²) in [7, 11) is 0. The Hall–Kier alpha value is -0.880. The van der Waals surface area contributed by atoms with Crippen LogP contribution in [-0.2, 0) is 14.9 Å². The number of ether oxygens (including phenoxy) is 1. The summed E-state index contributed by atoms with van der Waals surface area (Å²) in [5, 5.41) is 3.42. The van der Waals surface area contributed by atoms with E-state index in [1.165, 1.54) is 11.3 Å². The number of nitrogens with one attached hydrogen (secondary N) is 1. The summed E-state index contributed by atoms with van der Waals surface area (Å²) in [6.07, 6.45) is 0.205. The number of halogens is 1. The van der Waals surface area contributed by atoms with Crippen molar-refractivity contribution in [2.24, 2.45) is 0 Å². The Labute approximate surface area is 112 Å². The Kier molecular flexibility index (Phi) is 6.21. The second kappa shape index (κ2) is 7.45. The topological polar surface area (TPSA) is 55.4 Å². The number of thiophene rings is 1. The molecule has 1 N–H and O–H groups in total. The second-order valence-electron chi connectivity index (χ2n) is 3.21. The Balaban J connectivity index is 2.32. The molecule has 1 heterocycles. The van der Waals surface area contributed by atoms with Crippen molar-refractivity contribution in [1.82, 2.24) is 5.32 Å². The molecule has 0 aliphatic carbocycles. The maximum absolute atomic E-state index is 11.6. The first kappa shape index (κ1) is 14.2. The Morgan fingerprint density at radius 2 is 2.24 bits per heavy atom. The van der Waals surface area contributed by atoms with E-state index >= 15 is 0 Å². The minimum absolute atomic E-state index is 0.147. The van der Waals surface area contributed by atoms with Crippen molar-refractivity contribution < 1.29 is 14.3 Å². The minimum Gasteiger partial charge on any atom is -0.466 e. The summed E-state index contributed by atoms with van der Waals surface area (Å²) in [4.78, 5) is 24.4. The lowest BCUT2D eigenvalue weighted by atomic mass is 10.4. The lowest BCUT2D eigenvalue weighted by Gasteiger charge is -2.03. The predicted molar refractivity (Wildman–Crippen MR) is 70.5 cm³/mol. The number of hydrogen-bond acceptors (Lipinski definition) is 4. The summed E-state index contributed by atoms with van der Waals surface area (Å²) in [6.45, 7) is 2.43. The first-order valence-corrected chi connectivity index (χ1v) is 7.19. The largest absolute Gasteiger partial charge is 0.466 e. The zero-order valence-electron chi connectivity index (χ0n) is 9.49. The first-order chi connectivity index (χ1) is 8.17. The van der Waals surface area contributed by atoms with Crippen molar-refractivity contribution in [3.05, 3.63) is 21.9 Å². The van der Waals surface area contributed by atoms with Crippen LogP contribution < -0.4 is 5.32 Å². The van der Waals surface area contributed by atoms with Crippen LogP contribution >= 0.6 is 27.3 Å². The molecule has 0 atom stereocenters. The maximum atomic E-state index is 11.6. The Morgan fingerprint density at radius 1 is 1.47 bits per heavy atom. The van der Waals surface area contributed by atoms with Gasteiger partial charge in [0.2, 0.25) is 0 Å². The van der Waals surface area contributed by atoms with Crippen LogP contribution in [0.1, 0.15) is 27.9 Å². The zero-order chi connectivity index (χ0) is 12.7. The van der Waals surface area contributed by atoms with Crippen LogP contribution in [-0.4, -0.2) is 25.0 Å². The number of alkyl halides is 1. The summed E-state index contributed by atoms with van der Waals surface area (Å²) in [6, 6.07) is 3.68. The van der Waals surface area contributed by atoms with Gasteiger partial charge in [0.25, 0.3) is 5.91 Å². The highest BCUT2D eigenvalue weighted by molar-refractivity contribution is 9.08. The van der Waals surface area contributed by atoms with Gasteiger partial charge in [-0.25, -0.2) is 0 Å². The lowest BCUT2D eigenvalue weighted by Crippen LogP contribution is -2.25. The molecule has 6 heteroatoms. The monoisotopic (exact) mass is 319 g/mol. The van der Waals surface area contributed by atoms with E-state index in [2.05, 4.69) is 21.2 Å². The van der Waals surface area contributed by atoms with Crippen LogP contribution in [0.4, 0.5) is 0 Å².